The number of terminal acetylenes is 1. The van der Waals surface area contributed by atoms with Crippen molar-refractivity contribution >= 4 is 11.6 Å². The molecule has 0 saturated carbocycles. The van der Waals surface area contributed by atoms with Gasteiger partial charge in [0.05, 0.1) is 0 Å². The molecule has 3 nitrogen and oxygen atoms in total. The molecular formula is C20H21NO2. The maximum Gasteiger partial charge on any atom is 0.262 e. The molecule has 0 spiro atoms. The van der Waals surface area contributed by atoms with E-state index >= 15 is 0 Å². The van der Waals surface area contributed by atoms with E-state index in [-0.39, 0.29) is 12.5 Å². The minimum Gasteiger partial charge on any atom is -0.483 e. The Balaban J connectivity index is 2.02. The number of hydrogen-bond acceptors (Lipinski definition) is 2. The van der Waals surface area contributed by atoms with E-state index in [0.717, 1.165) is 22.4 Å². The highest BCUT2D eigenvalue weighted by Gasteiger charge is 2.10. The number of anilines is 1. The lowest BCUT2D eigenvalue weighted by Gasteiger charge is -2.15. The summed E-state index contributed by atoms with van der Waals surface area (Å²) in [5.41, 5.74) is 3.59. The van der Waals surface area contributed by atoms with Gasteiger partial charge in [0.2, 0.25) is 0 Å². The van der Waals surface area contributed by atoms with E-state index in [1.54, 1.807) is 12.1 Å². The first-order chi connectivity index (χ1) is 11.0. The summed E-state index contributed by atoms with van der Waals surface area (Å²) in [7, 11) is 0. The molecule has 0 aliphatic heterocycles. The third kappa shape index (κ3) is 4.62. The highest BCUT2D eigenvalue weighted by Crippen LogP contribution is 2.27. The molecule has 2 rings (SSSR count). The third-order valence-electron chi connectivity index (χ3n) is 3.46. The van der Waals surface area contributed by atoms with Gasteiger partial charge in [-0.15, -0.1) is 6.42 Å². The van der Waals surface area contributed by atoms with Crippen LogP contribution in [0.5, 0.6) is 5.75 Å². The van der Waals surface area contributed by atoms with Gasteiger partial charge in [-0.3, -0.25) is 4.79 Å². The van der Waals surface area contributed by atoms with Crippen molar-refractivity contribution in [2.24, 2.45) is 0 Å². The van der Waals surface area contributed by atoms with Crippen LogP contribution in [0.4, 0.5) is 5.69 Å². The summed E-state index contributed by atoms with van der Waals surface area (Å²) in [6.07, 6.45) is 5.36. The van der Waals surface area contributed by atoms with Crippen LogP contribution >= 0.6 is 0 Å². The summed E-state index contributed by atoms with van der Waals surface area (Å²) in [6, 6.07) is 13.2. The van der Waals surface area contributed by atoms with Gasteiger partial charge in [-0.05, 0) is 48.2 Å². The van der Waals surface area contributed by atoms with Crippen LogP contribution in [0.15, 0.2) is 42.5 Å². The van der Waals surface area contributed by atoms with Gasteiger partial charge in [-0.2, -0.15) is 0 Å². The maximum atomic E-state index is 12.1. The first kappa shape index (κ1) is 16.6. The number of benzene rings is 2. The van der Waals surface area contributed by atoms with Gasteiger partial charge in [-0.1, -0.05) is 38.0 Å². The highest BCUT2D eigenvalue weighted by atomic mass is 16.5. The van der Waals surface area contributed by atoms with Crippen LogP contribution in [-0.4, -0.2) is 12.5 Å². The van der Waals surface area contributed by atoms with Gasteiger partial charge in [-0.25, -0.2) is 0 Å². The smallest absolute Gasteiger partial charge is 0.262 e. The van der Waals surface area contributed by atoms with Crippen molar-refractivity contribution < 1.29 is 9.53 Å². The van der Waals surface area contributed by atoms with Crippen molar-refractivity contribution in [3.63, 3.8) is 0 Å². The van der Waals surface area contributed by atoms with Crippen molar-refractivity contribution in [1.82, 2.24) is 0 Å². The lowest BCUT2D eigenvalue weighted by atomic mass is 10.0. The van der Waals surface area contributed by atoms with Crippen molar-refractivity contribution in [3.8, 4) is 18.1 Å². The topological polar surface area (TPSA) is 38.3 Å². The summed E-state index contributed by atoms with van der Waals surface area (Å²) in [6.45, 7) is 6.16. The number of amides is 1. The van der Waals surface area contributed by atoms with Gasteiger partial charge in [0, 0.05) is 11.3 Å². The Kier molecular flexibility index (Phi) is 5.43. The number of ether oxygens (including phenoxy) is 1. The quantitative estimate of drug-likeness (QED) is 0.844. The summed E-state index contributed by atoms with van der Waals surface area (Å²) in [5.74, 6) is 3.42. The first-order valence-corrected chi connectivity index (χ1v) is 7.59. The zero-order valence-electron chi connectivity index (χ0n) is 13.7. The Hall–Kier alpha value is -2.73. The number of rotatable bonds is 5. The number of carbonyl (C=O) groups is 1. The van der Waals surface area contributed by atoms with Crippen LogP contribution in [-0.2, 0) is 4.79 Å². The zero-order valence-corrected chi connectivity index (χ0v) is 13.7. The monoisotopic (exact) mass is 307 g/mol. The average Bonchev–Trinajstić information content (AvgIpc) is 2.53. The Bertz CT molecular complexity index is 742. The molecule has 0 unspecified atom stereocenters. The second kappa shape index (κ2) is 7.51. The minimum absolute atomic E-state index is 0.0382. The molecule has 2 aromatic carbocycles. The summed E-state index contributed by atoms with van der Waals surface area (Å²) in [4.78, 5) is 12.1. The van der Waals surface area contributed by atoms with E-state index in [9.17, 15) is 4.79 Å². The van der Waals surface area contributed by atoms with E-state index in [1.165, 1.54) is 0 Å². The third-order valence-corrected chi connectivity index (χ3v) is 3.46. The number of carbonyl (C=O) groups excluding carboxylic acids is 1. The van der Waals surface area contributed by atoms with Crippen LogP contribution in [0, 0.1) is 19.3 Å². The van der Waals surface area contributed by atoms with E-state index in [2.05, 4.69) is 25.1 Å². The van der Waals surface area contributed by atoms with E-state index in [4.69, 9.17) is 11.2 Å². The fourth-order valence-electron chi connectivity index (χ4n) is 2.27. The molecule has 118 valence electrons. The molecule has 0 bridgehead atoms. The van der Waals surface area contributed by atoms with Crippen LogP contribution in [0.3, 0.4) is 0 Å². The van der Waals surface area contributed by atoms with Gasteiger partial charge in [0.25, 0.3) is 5.91 Å². The molecule has 23 heavy (non-hydrogen) atoms. The van der Waals surface area contributed by atoms with Gasteiger partial charge < -0.3 is 10.1 Å². The number of aryl methyl sites for hydroxylation is 1. The summed E-state index contributed by atoms with van der Waals surface area (Å²) in [5, 5.41) is 2.79. The van der Waals surface area contributed by atoms with Crippen molar-refractivity contribution in [2.45, 2.75) is 26.7 Å². The standard InChI is InChI=1S/C20H21NO2/c1-5-16-7-6-8-17(12-16)21-20(22)13-23-19-11-15(4)9-10-18(19)14(2)3/h1,6-12,14H,13H2,2-4H3,(H,21,22). The molecule has 0 radical (unpaired) electrons. The molecule has 1 amide bonds. The van der Waals surface area contributed by atoms with Crippen molar-refractivity contribution in [1.29, 1.82) is 0 Å². The van der Waals surface area contributed by atoms with Gasteiger partial charge >= 0.3 is 0 Å². The predicted octanol–water partition coefficient (Wildman–Crippen LogP) is 4.12. The molecule has 2 aromatic rings. The Morgan fingerprint density at radius 2 is 2.04 bits per heavy atom. The maximum absolute atomic E-state index is 12.1. The molecule has 0 atom stereocenters. The van der Waals surface area contributed by atoms with Crippen LogP contribution in [0.1, 0.15) is 36.5 Å². The largest absolute Gasteiger partial charge is 0.483 e. The van der Waals surface area contributed by atoms with E-state index in [0.29, 0.717) is 11.6 Å². The molecular weight excluding hydrogens is 286 g/mol. The fourth-order valence-corrected chi connectivity index (χ4v) is 2.27. The van der Waals surface area contributed by atoms with Crippen LogP contribution in [0.2, 0.25) is 0 Å². The fraction of sp³-hybridized carbons (Fsp3) is 0.250. The molecule has 0 saturated heterocycles. The molecule has 0 aliphatic rings. The second-order valence-corrected chi connectivity index (χ2v) is 5.76. The molecule has 0 aromatic heterocycles. The lowest BCUT2D eigenvalue weighted by Crippen LogP contribution is -2.20. The highest BCUT2D eigenvalue weighted by molar-refractivity contribution is 5.92. The lowest BCUT2D eigenvalue weighted by molar-refractivity contribution is -0.118. The molecule has 0 heterocycles. The molecule has 1 N–H and O–H groups in total. The SMILES string of the molecule is C#Cc1cccc(NC(=O)COc2cc(C)ccc2C(C)C)c1. The summed E-state index contributed by atoms with van der Waals surface area (Å²) < 4.78 is 5.72. The number of hydrogen-bond donors (Lipinski definition) is 1. The van der Waals surface area contributed by atoms with Crippen LogP contribution < -0.4 is 10.1 Å². The Morgan fingerprint density at radius 3 is 2.74 bits per heavy atom. The predicted molar refractivity (Wildman–Crippen MR) is 93.8 cm³/mol. The number of nitrogens with one attached hydrogen (secondary N) is 1. The van der Waals surface area contributed by atoms with Gasteiger partial charge in [0.15, 0.2) is 6.61 Å². The normalized spacial score (nSPS) is 10.2. The average molecular weight is 307 g/mol. The van der Waals surface area contributed by atoms with Crippen LogP contribution in [0.25, 0.3) is 0 Å². The van der Waals surface area contributed by atoms with Gasteiger partial charge in [0.1, 0.15) is 5.75 Å². The second-order valence-electron chi connectivity index (χ2n) is 5.76. The minimum atomic E-state index is -0.213. The van der Waals surface area contributed by atoms with E-state index < -0.39 is 0 Å². The summed E-state index contributed by atoms with van der Waals surface area (Å²) >= 11 is 0. The molecule has 0 fully saturated rings. The zero-order chi connectivity index (χ0) is 16.8. The van der Waals surface area contributed by atoms with Crippen molar-refractivity contribution in [3.05, 3.63) is 59.2 Å². The Labute approximate surface area is 137 Å². The van der Waals surface area contributed by atoms with Crippen molar-refractivity contribution in [2.75, 3.05) is 11.9 Å². The molecule has 3 heteroatoms. The molecule has 0 aliphatic carbocycles. The van der Waals surface area contributed by atoms with E-state index in [1.807, 2.05) is 37.3 Å². The Morgan fingerprint density at radius 1 is 1.26 bits per heavy atom. The first-order valence-electron chi connectivity index (χ1n) is 7.59.